The van der Waals surface area contributed by atoms with Gasteiger partial charge in [-0.15, -0.1) is 0 Å². The summed E-state index contributed by atoms with van der Waals surface area (Å²) in [6.07, 6.45) is 3.22. The van der Waals surface area contributed by atoms with Gasteiger partial charge in [0.2, 0.25) is 5.91 Å². The van der Waals surface area contributed by atoms with Crippen molar-refractivity contribution in [3.63, 3.8) is 0 Å². The molecule has 1 unspecified atom stereocenters. The largest absolute Gasteiger partial charge is 0.496 e. The minimum atomic E-state index is 0.147. The first kappa shape index (κ1) is 16.9. The fourth-order valence-corrected chi connectivity index (χ4v) is 3.73. The van der Waals surface area contributed by atoms with E-state index < -0.39 is 0 Å². The minimum Gasteiger partial charge on any atom is -0.496 e. The van der Waals surface area contributed by atoms with Gasteiger partial charge in [0.05, 0.1) is 21.3 Å². The number of rotatable bonds is 6. The molecule has 2 aliphatic rings. The molecule has 1 aliphatic carbocycles. The van der Waals surface area contributed by atoms with Gasteiger partial charge in [-0.25, -0.2) is 0 Å². The lowest BCUT2D eigenvalue weighted by atomic mass is 9.92. The highest BCUT2D eigenvalue weighted by atomic mass is 16.5. The first-order valence-corrected chi connectivity index (χ1v) is 8.41. The molecule has 24 heavy (non-hydrogen) atoms. The molecule has 0 bridgehead atoms. The van der Waals surface area contributed by atoms with Crippen LogP contribution in [0.25, 0.3) is 0 Å². The highest BCUT2D eigenvalue weighted by Gasteiger charge is 2.57. The van der Waals surface area contributed by atoms with Crippen LogP contribution in [0.15, 0.2) is 12.1 Å². The summed E-state index contributed by atoms with van der Waals surface area (Å²) in [5.74, 6) is 2.23. The molecule has 3 rings (SSSR count). The summed E-state index contributed by atoms with van der Waals surface area (Å²) in [5, 5.41) is 6.42. The molecule has 2 fully saturated rings. The van der Waals surface area contributed by atoms with Gasteiger partial charge in [-0.1, -0.05) is 0 Å². The summed E-state index contributed by atoms with van der Waals surface area (Å²) in [4.78, 5) is 12.5. The van der Waals surface area contributed by atoms with Crippen LogP contribution < -0.4 is 24.8 Å². The van der Waals surface area contributed by atoms with E-state index in [1.165, 1.54) is 0 Å². The van der Waals surface area contributed by atoms with Gasteiger partial charge in [-0.2, -0.15) is 0 Å². The molecule has 1 aromatic rings. The van der Waals surface area contributed by atoms with E-state index in [0.717, 1.165) is 37.9 Å². The molecule has 1 atom stereocenters. The monoisotopic (exact) mass is 334 g/mol. The Morgan fingerprint density at radius 2 is 1.75 bits per heavy atom. The van der Waals surface area contributed by atoms with Crippen molar-refractivity contribution in [3.05, 3.63) is 17.7 Å². The predicted octanol–water partition coefficient (Wildman–Crippen LogP) is 1.72. The van der Waals surface area contributed by atoms with Crippen molar-refractivity contribution in [1.82, 2.24) is 10.6 Å². The minimum absolute atomic E-state index is 0.147. The maximum Gasteiger partial charge on any atom is 0.223 e. The van der Waals surface area contributed by atoms with Crippen molar-refractivity contribution < 1.29 is 19.0 Å². The molecule has 6 heteroatoms. The standard InChI is InChI=1S/C18H26N2O4/c1-22-14-9-16(24-3)15(23-2)8-12(14)11-20-17(21)13-10-18(13)4-6-19-7-5-18/h8-9,13,19H,4-7,10-11H2,1-3H3,(H,20,21). The molecule has 2 N–H and O–H groups in total. The van der Waals surface area contributed by atoms with Gasteiger partial charge in [-0.05, 0) is 43.8 Å². The maximum absolute atomic E-state index is 12.5. The van der Waals surface area contributed by atoms with E-state index in [9.17, 15) is 4.79 Å². The third kappa shape index (κ3) is 3.15. The second-order valence-electron chi connectivity index (χ2n) is 6.61. The molecule has 1 saturated heterocycles. The average Bonchev–Trinajstić information content (AvgIpc) is 3.32. The number of ether oxygens (including phenoxy) is 3. The van der Waals surface area contributed by atoms with Crippen molar-refractivity contribution in [2.45, 2.75) is 25.8 Å². The second kappa shape index (κ2) is 6.89. The zero-order chi connectivity index (χ0) is 17.2. The fourth-order valence-electron chi connectivity index (χ4n) is 3.73. The number of hydrogen-bond donors (Lipinski definition) is 2. The normalized spacial score (nSPS) is 21.2. The first-order valence-electron chi connectivity index (χ1n) is 8.41. The molecule has 1 aliphatic heterocycles. The van der Waals surface area contributed by atoms with Gasteiger partial charge in [0.15, 0.2) is 11.5 Å². The number of carbonyl (C=O) groups is 1. The molecule has 1 heterocycles. The van der Waals surface area contributed by atoms with Crippen LogP contribution in [0.2, 0.25) is 0 Å². The lowest BCUT2D eigenvalue weighted by molar-refractivity contribution is -0.123. The zero-order valence-corrected chi connectivity index (χ0v) is 14.6. The van der Waals surface area contributed by atoms with Gasteiger partial charge in [0.25, 0.3) is 0 Å². The molecule has 1 aromatic carbocycles. The number of amides is 1. The zero-order valence-electron chi connectivity index (χ0n) is 14.6. The Labute approximate surface area is 142 Å². The summed E-state index contributed by atoms with van der Waals surface area (Å²) in [7, 11) is 4.79. The SMILES string of the molecule is COc1cc(OC)c(OC)cc1CNC(=O)C1CC12CCNCC2. The van der Waals surface area contributed by atoms with E-state index >= 15 is 0 Å². The topological polar surface area (TPSA) is 68.8 Å². The maximum atomic E-state index is 12.5. The van der Waals surface area contributed by atoms with Gasteiger partial charge >= 0.3 is 0 Å². The molecule has 1 spiro atoms. The van der Waals surface area contributed by atoms with Crippen molar-refractivity contribution in [2.24, 2.45) is 11.3 Å². The van der Waals surface area contributed by atoms with Crippen molar-refractivity contribution in [3.8, 4) is 17.2 Å². The summed E-state index contributed by atoms with van der Waals surface area (Å²) in [6, 6.07) is 3.64. The lowest BCUT2D eigenvalue weighted by Crippen LogP contribution is -2.33. The number of nitrogens with one attached hydrogen (secondary N) is 2. The Morgan fingerprint density at radius 3 is 2.38 bits per heavy atom. The van der Waals surface area contributed by atoms with Crippen LogP contribution in [0.4, 0.5) is 0 Å². The second-order valence-corrected chi connectivity index (χ2v) is 6.61. The highest BCUT2D eigenvalue weighted by Crippen LogP contribution is 2.58. The Hall–Kier alpha value is -1.95. The van der Waals surface area contributed by atoms with Gasteiger partial charge < -0.3 is 24.8 Å². The van der Waals surface area contributed by atoms with E-state index in [4.69, 9.17) is 14.2 Å². The van der Waals surface area contributed by atoms with Crippen LogP contribution in [0, 0.1) is 11.3 Å². The molecule has 132 valence electrons. The van der Waals surface area contributed by atoms with E-state index in [-0.39, 0.29) is 17.2 Å². The van der Waals surface area contributed by atoms with E-state index in [0.29, 0.717) is 23.8 Å². The van der Waals surface area contributed by atoms with Crippen molar-refractivity contribution >= 4 is 5.91 Å². The number of methoxy groups -OCH3 is 3. The number of carbonyl (C=O) groups excluding carboxylic acids is 1. The van der Waals surface area contributed by atoms with Crippen molar-refractivity contribution in [2.75, 3.05) is 34.4 Å². The average molecular weight is 334 g/mol. The molecular weight excluding hydrogens is 308 g/mol. The summed E-state index contributed by atoms with van der Waals surface area (Å²) in [6.45, 7) is 2.47. The third-order valence-electron chi connectivity index (χ3n) is 5.35. The van der Waals surface area contributed by atoms with Crippen LogP contribution in [-0.2, 0) is 11.3 Å². The Morgan fingerprint density at radius 1 is 1.12 bits per heavy atom. The Balaban J connectivity index is 1.65. The quantitative estimate of drug-likeness (QED) is 0.829. The van der Waals surface area contributed by atoms with Gasteiger partial charge in [0.1, 0.15) is 5.75 Å². The first-order chi connectivity index (χ1) is 11.6. The van der Waals surface area contributed by atoms with Gasteiger partial charge in [-0.3, -0.25) is 4.79 Å². The molecule has 6 nitrogen and oxygen atoms in total. The summed E-state index contributed by atoms with van der Waals surface area (Å²) in [5.41, 5.74) is 1.13. The fraction of sp³-hybridized carbons (Fsp3) is 0.611. The molecule has 1 amide bonds. The highest BCUT2D eigenvalue weighted by molar-refractivity contribution is 5.82. The number of hydrogen-bond acceptors (Lipinski definition) is 5. The van der Waals surface area contributed by atoms with E-state index in [1.54, 1.807) is 27.4 Å². The summed E-state index contributed by atoms with van der Waals surface area (Å²) < 4.78 is 16.0. The molecule has 1 saturated carbocycles. The van der Waals surface area contributed by atoms with E-state index in [2.05, 4.69) is 10.6 Å². The number of benzene rings is 1. The van der Waals surface area contributed by atoms with Gasteiger partial charge in [0, 0.05) is 24.1 Å². The van der Waals surface area contributed by atoms with Crippen LogP contribution in [0.1, 0.15) is 24.8 Å². The molecule has 0 radical (unpaired) electrons. The summed E-state index contributed by atoms with van der Waals surface area (Å²) >= 11 is 0. The molecule has 0 aromatic heterocycles. The Kier molecular flexibility index (Phi) is 4.85. The third-order valence-corrected chi connectivity index (χ3v) is 5.35. The van der Waals surface area contributed by atoms with E-state index in [1.807, 2.05) is 6.07 Å². The lowest BCUT2D eigenvalue weighted by Gasteiger charge is -2.23. The smallest absolute Gasteiger partial charge is 0.223 e. The van der Waals surface area contributed by atoms with Crippen LogP contribution in [0.5, 0.6) is 17.2 Å². The number of piperidine rings is 1. The molecular formula is C18H26N2O4. The Bertz CT molecular complexity index is 611. The van der Waals surface area contributed by atoms with Crippen molar-refractivity contribution in [1.29, 1.82) is 0 Å². The predicted molar refractivity (Wildman–Crippen MR) is 90.6 cm³/mol. The van der Waals surface area contributed by atoms with Crippen LogP contribution >= 0.6 is 0 Å². The van der Waals surface area contributed by atoms with Crippen LogP contribution in [-0.4, -0.2) is 40.3 Å². The van der Waals surface area contributed by atoms with Crippen LogP contribution in [0.3, 0.4) is 0 Å².